The van der Waals surface area contributed by atoms with Crippen LogP contribution < -0.4 is 21.3 Å². The van der Waals surface area contributed by atoms with E-state index in [9.17, 15) is 14.0 Å². The number of rotatable bonds is 8. The first kappa shape index (κ1) is 31.1. The van der Waals surface area contributed by atoms with Crippen molar-refractivity contribution >= 4 is 39.1 Å². The quantitative estimate of drug-likeness (QED) is 0.240. The highest BCUT2D eigenvalue weighted by Crippen LogP contribution is 2.24. The Labute approximate surface area is 285 Å². The summed E-state index contributed by atoms with van der Waals surface area (Å²) in [6, 6.07) is 26.1. The van der Waals surface area contributed by atoms with Crippen LogP contribution in [0, 0.1) is 5.82 Å². The van der Waals surface area contributed by atoms with Gasteiger partial charge in [-0.15, -0.1) is 0 Å². The number of hydrogen-bond acceptors (Lipinski definition) is 9. The van der Waals surface area contributed by atoms with Gasteiger partial charge in [0, 0.05) is 80.9 Å². The lowest BCUT2D eigenvalue weighted by molar-refractivity contribution is 0.246. The molecule has 4 aromatic heterocycles. The molecule has 0 unspecified atom stereocenters. The molecule has 1 aliphatic heterocycles. The van der Waals surface area contributed by atoms with E-state index in [1.807, 2.05) is 42.5 Å². The first-order chi connectivity index (χ1) is 24.4. The number of hydrogen-bond donors (Lipinski definition) is 2. The summed E-state index contributed by atoms with van der Waals surface area (Å²) >= 11 is 0. The maximum absolute atomic E-state index is 15.0. The summed E-state index contributed by atoms with van der Waals surface area (Å²) in [6.07, 6.45) is 3.67. The lowest BCUT2D eigenvalue weighted by atomic mass is 10.0. The minimum absolute atomic E-state index is 0.220. The molecule has 1 saturated heterocycles. The molecule has 7 aromatic rings. The molecular weight excluding hydrogens is 635 g/mol. The van der Waals surface area contributed by atoms with E-state index in [4.69, 9.17) is 0 Å². The fourth-order valence-electron chi connectivity index (χ4n) is 6.56. The van der Waals surface area contributed by atoms with Crippen LogP contribution in [-0.4, -0.2) is 65.6 Å². The predicted molar refractivity (Wildman–Crippen MR) is 191 cm³/mol. The first-order valence-electron chi connectivity index (χ1n) is 16.4. The molecular formula is C37H33FN10O2. The molecule has 50 heavy (non-hydrogen) atoms. The van der Waals surface area contributed by atoms with Gasteiger partial charge in [0.25, 0.3) is 11.1 Å². The van der Waals surface area contributed by atoms with Crippen molar-refractivity contribution in [3.63, 3.8) is 0 Å². The second kappa shape index (κ2) is 13.0. The lowest BCUT2D eigenvalue weighted by Crippen LogP contribution is -2.46. The highest BCUT2D eigenvalue weighted by Gasteiger charge is 2.20. The molecule has 0 aliphatic carbocycles. The lowest BCUT2D eigenvalue weighted by Gasteiger charge is -2.36. The standard InChI is InChI=1S/C37H33FN10O2/c1-45-34-30(36(50)48(45)33-8-4-5-15-39-33)22-40-37(42-34)41-26-10-12-27(13-11-26)47-18-16-46(17-19-47)23-25-20-24(9-14-31(25)38)21-32-28-6-2-3-7-29(28)35(49)44-43-32/h2-15,20,22H,16-19,21,23H2,1H3,(H,44,49)(H,40,41,42). The molecule has 0 spiro atoms. The number of pyridine rings is 1. The van der Waals surface area contributed by atoms with Crippen LogP contribution in [0.25, 0.3) is 27.6 Å². The van der Waals surface area contributed by atoms with Crippen LogP contribution in [-0.2, 0) is 20.0 Å². The minimum Gasteiger partial charge on any atom is -0.369 e. The van der Waals surface area contributed by atoms with Crippen LogP contribution >= 0.6 is 0 Å². The SMILES string of the molecule is Cn1c2nc(Nc3ccc(N4CCN(Cc5cc(Cc6n[nH]c(=O)c7ccccc67)ccc5F)CC4)cc3)ncc2c(=O)n1-c1ccccn1. The zero-order chi connectivity index (χ0) is 34.2. The third-order valence-electron chi connectivity index (χ3n) is 9.18. The van der Waals surface area contributed by atoms with Gasteiger partial charge in [0.05, 0.1) is 11.1 Å². The number of aromatic nitrogens is 7. The van der Waals surface area contributed by atoms with Crippen molar-refractivity contribution in [3.05, 3.63) is 141 Å². The summed E-state index contributed by atoms with van der Waals surface area (Å²) in [5.74, 6) is 0.665. The number of benzene rings is 3. The Morgan fingerprint density at radius 2 is 1.64 bits per heavy atom. The number of fused-ring (bicyclic) bond motifs is 2. The second-order valence-corrected chi connectivity index (χ2v) is 12.3. The molecule has 0 saturated carbocycles. The molecule has 0 radical (unpaired) electrons. The first-order valence-corrected chi connectivity index (χ1v) is 16.4. The van der Waals surface area contributed by atoms with Gasteiger partial charge in [0.15, 0.2) is 11.5 Å². The smallest absolute Gasteiger partial charge is 0.283 e. The number of aryl methyl sites for hydroxylation is 1. The summed E-state index contributed by atoms with van der Waals surface area (Å²) in [4.78, 5) is 43.1. The maximum atomic E-state index is 15.0. The summed E-state index contributed by atoms with van der Waals surface area (Å²) < 4.78 is 18.1. The highest BCUT2D eigenvalue weighted by molar-refractivity contribution is 5.83. The van der Waals surface area contributed by atoms with E-state index in [0.717, 1.165) is 54.2 Å². The Bertz CT molecular complexity index is 2450. The second-order valence-electron chi connectivity index (χ2n) is 12.3. The third-order valence-corrected chi connectivity index (χ3v) is 9.18. The van der Waals surface area contributed by atoms with E-state index in [0.29, 0.717) is 46.7 Å². The largest absolute Gasteiger partial charge is 0.369 e. The summed E-state index contributed by atoms with van der Waals surface area (Å²) in [7, 11) is 1.77. The van der Waals surface area contributed by atoms with Gasteiger partial charge in [-0.3, -0.25) is 19.2 Å². The van der Waals surface area contributed by atoms with E-state index in [1.165, 1.54) is 16.9 Å². The number of aromatic amines is 1. The third kappa shape index (κ3) is 5.98. The van der Waals surface area contributed by atoms with Gasteiger partial charge in [-0.2, -0.15) is 14.8 Å². The number of nitrogens with one attached hydrogen (secondary N) is 2. The topological polar surface area (TPSA) is 130 Å². The van der Waals surface area contributed by atoms with Crippen LogP contribution in [0.15, 0.2) is 107 Å². The summed E-state index contributed by atoms with van der Waals surface area (Å²) in [6.45, 7) is 3.71. The Hall–Kier alpha value is -6.21. The van der Waals surface area contributed by atoms with Gasteiger partial charge in [-0.1, -0.05) is 36.4 Å². The van der Waals surface area contributed by atoms with Gasteiger partial charge in [-0.25, -0.2) is 19.5 Å². The molecule has 13 heteroatoms. The van der Waals surface area contributed by atoms with Crippen LogP contribution in [0.5, 0.6) is 0 Å². The van der Waals surface area contributed by atoms with Crippen molar-refractivity contribution in [1.29, 1.82) is 0 Å². The van der Waals surface area contributed by atoms with Crippen molar-refractivity contribution in [2.45, 2.75) is 13.0 Å². The normalized spacial score (nSPS) is 13.7. The van der Waals surface area contributed by atoms with Gasteiger partial charge in [-0.05, 0) is 54.1 Å². The van der Waals surface area contributed by atoms with E-state index < -0.39 is 0 Å². The fourth-order valence-corrected chi connectivity index (χ4v) is 6.56. The summed E-state index contributed by atoms with van der Waals surface area (Å²) in [5.41, 5.74) is 4.30. The molecule has 1 aliphatic rings. The van der Waals surface area contributed by atoms with Crippen LogP contribution in [0.3, 0.4) is 0 Å². The minimum atomic E-state index is -0.232. The maximum Gasteiger partial charge on any atom is 0.283 e. The highest BCUT2D eigenvalue weighted by atomic mass is 19.1. The van der Waals surface area contributed by atoms with Gasteiger partial charge in [0.1, 0.15) is 11.2 Å². The number of halogens is 1. The Balaban J connectivity index is 0.899. The van der Waals surface area contributed by atoms with Gasteiger partial charge >= 0.3 is 0 Å². The molecule has 0 bridgehead atoms. The van der Waals surface area contributed by atoms with Crippen LogP contribution in [0.2, 0.25) is 0 Å². The average molecular weight is 669 g/mol. The molecule has 1 fully saturated rings. The zero-order valence-corrected chi connectivity index (χ0v) is 27.3. The Kier molecular flexibility index (Phi) is 8.09. The Morgan fingerprint density at radius 1 is 0.860 bits per heavy atom. The van der Waals surface area contributed by atoms with Crippen LogP contribution in [0.1, 0.15) is 16.8 Å². The molecule has 8 rings (SSSR count). The zero-order valence-electron chi connectivity index (χ0n) is 27.3. The van der Waals surface area contributed by atoms with Crippen molar-refractivity contribution in [3.8, 4) is 5.82 Å². The molecule has 0 atom stereocenters. The number of H-pyrrole nitrogens is 1. The fraction of sp³-hybridized carbons (Fsp3) is 0.189. The van der Waals surface area contributed by atoms with Gasteiger partial charge in [0.2, 0.25) is 5.95 Å². The molecule has 2 N–H and O–H groups in total. The molecule has 250 valence electrons. The van der Waals surface area contributed by atoms with E-state index in [-0.39, 0.29) is 16.9 Å². The van der Waals surface area contributed by atoms with Crippen molar-refractivity contribution in [2.24, 2.45) is 7.05 Å². The van der Waals surface area contributed by atoms with Crippen molar-refractivity contribution in [2.75, 3.05) is 36.4 Å². The number of piperazine rings is 1. The Morgan fingerprint density at radius 3 is 2.42 bits per heavy atom. The monoisotopic (exact) mass is 668 g/mol. The molecule has 0 amide bonds. The molecule has 12 nitrogen and oxygen atoms in total. The number of nitrogens with zero attached hydrogens (tertiary/aromatic N) is 8. The van der Waals surface area contributed by atoms with E-state index >= 15 is 0 Å². The van der Waals surface area contributed by atoms with Crippen LogP contribution in [0.4, 0.5) is 21.7 Å². The average Bonchev–Trinajstić information content (AvgIpc) is 3.40. The number of anilines is 3. The van der Waals surface area contributed by atoms with E-state index in [1.54, 1.807) is 42.2 Å². The molecule has 3 aromatic carbocycles. The van der Waals surface area contributed by atoms with E-state index in [2.05, 4.69) is 52.4 Å². The van der Waals surface area contributed by atoms with Crippen molar-refractivity contribution in [1.82, 2.24) is 39.4 Å². The molecule has 5 heterocycles. The van der Waals surface area contributed by atoms with Crippen molar-refractivity contribution < 1.29 is 4.39 Å². The predicted octanol–water partition coefficient (Wildman–Crippen LogP) is 4.55. The van der Waals surface area contributed by atoms with Gasteiger partial charge < -0.3 is 10.2 Å². The summed E-state index contributed by atoms with van der Waals surface area (Å²) in [5, 5.41) is 11.9.